The fourth-order valence-electron chi connectivity index (χ4n) is 4.43. The number of hydrogen-bond acceptors (Lipinski definition) is 4. The Morgan fingerprint density at radius 3 is 2.61 bits per heavy atom. The number of allylic oxidation sites excluding steroid dienone is 1. The molecule has 28 heavy (non-hydrogen) atoms. The molecule has 2 aliphatic heterocycles. The van der Waals surface area contributed by atoms with E-state index >= 15 is 0 Å². The number of thioether (sulfide) groups is 1. The number of amides is 3. The summed E-state index contributed by atoms with van der Waals surface area (Å²) in [6, 6.07) is 13.4. The summed E-state index contributed by atoms with van der Waals surface area (Å²) in [7, 11) is 0. The van der Waals surface area contributed by atoms with E-state index in [2.05, 4.69) is 0 Å². The molecule has 2 atom stereocenters. The van der Waals surface area contributed by atoms with Crippen molar-refractivity contribution < 1.29 is 14.0 Å². The van der Waals surface area contributed by atoms with E-state index in [0.29, 0.717) is 12.3 Å². The van der Waals surface area contributed by atoms with Crippen LogP contribution in [0.3, 0.4) is 0 Å². The second-order valence-corrected chi connectivity index (χ2v) is 8.75. The van der Waals surface area contributed by atoms with Gasteiger partial charge >= 0.3 is 6.03 Å². The van der Waals surface area contributed by atoms with Gasteiger partial charge in [-0.05, 0) is 53.9 Å². The molecule has 1 aromatic heterocycles. The van der Waals surface area contributed by atoms with Crippen LogP contribution in [-0.4, -0.2) is 27.1 Å². The SMILES string of the molecule is O=C1C2C3=C(CCCC3)SC2N(Cc2ccccc2)C(=O)N1Cc1ccco1. The number of nitrogens with zero attached hydrogens (tertiary/aromatic N) is 2. The maximum atomic E-state index is 13.4. The third-order valence-corrected chi connectivity index (χ3v) is 7.31. The highest BCUT2D eigenvalue weighted by atomic mass is 32.2. The van der Waals surface area contributed by atoms with Crippen molar-refractivity contribution in [1.82, 2.24) is 9.80 Å². The summed E-state index contributed by atoms with van der Waals surface area (Å²) in [4.78, 5) is 31.4. The van der Waals surface area contributed by atoms with Crippen LogP contribution in [0.15, 0.2) is 63.6 Å². The Hall–Kier alpha value is -2.47. The molecule has 0 saturated carbocycles. The number of imide groups is 1. The molecule has 0 radical (unpaired) electrons. The van der Waals surface area contributed by atoms with Gasteiger partial charge in [-0.2, -0.15) is 0 Å². The van der Waals surface area contributed by atoms with Gasteiger partial charge in [0.1, 0.15) is 5.76 Å². The summed E-state index contributed by atoms with van der Waals surface area (Å²) < 4.78 is 5.42. The van der Waals surface area contributed by atoms with Gasteiger partial charge in [0.15, 0.2) is 0 Å². The fraction of sp³-hybridized carbons (Fsp3) is 0.364. The molecule has 0 spiro atoms. The summed E-state index contributed by atoms with van der Waals surface area (Å²) in [6.45, 7) is 0.697. The van der Waals surface area contributed by atoms with Gasteiger partial charge in [-0.25, -0.2) is 4.79 Å². The van der Waals surface area contributed by atoms with E-state index in [1.165, 1.54) is 21.8 Å². The van der Waals surface area contributed by atoms with Crippen molar-refractivity contribution in [3.05, 3.63) is 70.5 Å². The van der Waals surface area contributed by atoms with E-state index in [1.807, 2.05) is 41.3 Å². The summed E-state index contributed by atoms with van der Waals surface area (Å²) in [6.07, 6.45) is 5.87. The zero-order valence-corrected chi connectivity index (χ0v) is 16.4. The first-order chi connectivity index (χ1) is 13.7. The Bertz CT molecular complexity index is 923. The molecule has 3 amide bonds. The largest absolute Gasteiger partial charge is 0.467 e. The van der Waals surface area contributed by atoms with Crippen LogP contribution in [0, 0.1) is 5.92 Å². The quantitative estimate of drug-likeness (QED) is 0.750. The Morgan fingerprint density at radius 1 is 1.00 bits per heavy atom. The zero-order chi connectivity index (χ0) is 19.1. The molecule has 0 N–H and O–H groups in total. The van der Waals surface area contributed by atoms with Gasteiger partial charge in [0.2, 0.25) is 5.91 Å². The Balaban J connectivity index is 1.50. The van der Waals surface area contributed by atoms with Crippen LogP contribution in [0.25, 0.3) is 0 Å². The highest BCUT2D eigenvalue weighted by Crippen LogP contribution is 2.52. The monoisotopic (exact) mass is 394 g/mol. The lowest BCUT2D eigenvalue weighted by atomic mass is 9.86. The number of carbonyl (C=O) groups excluding carboxylic acids is 2. The molecule has 6 heteroatoms. The highest BCUT2D eigenvalue weighted by molar-refractivity contribution is 8.04. The Kier molecular flexibility index (Phi) is 4.51. The van der Waals surface area contributed by atoms with Gasteiger partial charge in [-0.1, -0.05) is 30.3 Å². The molecular formula is C22H22N2O3S. The second-order valence-electron chi connectivity index (χ2n) is 7.54. The van der Waals surface area contributed by atoms with E-state index in [9.17, 15) is 9.59 Å². The number of urea groups is 1. The Morgan fingerprint density at radius 2 is 1.82 bits per heavy atom. The third-order valence-electron chi connectivity index (χ3n) is 5.79. The molecule has 1 aromatic carbocycles. The molecule has 1 saturated heterocycles. The molecular weight excluding hydrogens is 372 g/mol. The van der Waals surface area contributed by atoms with Gasteiger partial charge in [-0.3, -0.25) is 9.69 Å². The van der Waals surface area contributed by atoms with Gasteiger partial charge in [0.25, 0.3) is 0 Å². The number of rotatable bonds is 4. The van der Waals surface area contributed by atoms with Crippen molar-refractivity contribution in [3.63, 3.8) is 0 Å². The summed E-state index contributed by atoms with van der Waals surface area (Å²) in [5, 5.41) is -0.129. The number of fused-ring (bicyclic) bond motifs is 2. The van der Waals surface area contributed by atoms with E-state index < -0.39 is 0 Å². The fourth-order valence-corrected chi connectivity index (χ4v) is 6.08. The van der Waals surface area contributed by atoms with Crippen molar-refractivity contribution in [2.45, 2.75) is 44.1 Å². The average Bonchev–Trinajstić information content (AvgIpc) is 3.37. The minimum absolute atomic E-state index is 0.0740. The molecule has 3 heterocycles. The molecule has 2 aromatic rings. The van der Waals surface area contributed by atoms with Gasteiger partial charge in [0, 0.05) is 6.54 Å². The van der Waals surface area contributed by atoms with Crippen molar-refractivity contribution in [3.8, 4) is 0 Å². The van der Waals surface area contributed by atoms with Crippen molar-refractivity contribution in [2.75, 3.05) is 0 Å². The number of hydrogen-bond donors (Lipinski definition) is 0. The molecule has 3 aliphatic rings. The Labute approximate surface area is 168 Å². The van der Waals surface area contributed by atoms with Gasteiger partial charge < -0.3 is 9.32 Å². The van der Waals surface area contributed by atoms with Crippen LogP contribution >= 0.6 is 11.8 Å². The standard InChI is InChI=1S/C22H22N2O3S/c25-20-19-17-10-4-5-11-18(17)28-21(19)24(13-15-7-2-1-3-8-15)22(26)23(20)14-16-9-6-12-27-16/h1-3,6-9,12,19,21H,4-5,10-11,13-14H2. The normalized spacial score (nSPS) is 24.6. The second kappa shape index (κ2) is 7.17. The van der Waals surface area contributed by atoms with E-state index in [4.69, 9.17) is 4.42 Å². The topological polar surface area (TPSA) is 53.8 Å². The zero-order valence-electron chi connectivity index (χ0n) is 15.5. The minimum Gasteiger partial charge on any atom is -0.467 e. The minimum atomic E-state index is -0.225. The van der Waals surface area contributed by atoms with Crippen LogP contribution in [-0.2, 0) is 17.9 Å². The smallest absolute Gasteiger partial charge is 0.328 e. The van der Waals surface area contributed by atoms with Gasteiger partial charge in [0.05, 0.1) is 24.1 Å². The lowest BCUT2D eigenvalue weighted by molar-refractivity contribution is -0.136. The first-order valence-electron chi connectivity index (χ1n) is 9.79. The highest BCUT2D eigenvalue weighted by Gasteiger charge is 2.52. The van der Waals surface area contributed by atoms with E-state index in [0.717, 1.165) is 24.8 Å². The van der Waals surface area contributed by atoms with Crippen LogP contribution < -0.4 is 0 Å². The first kappa shape index (κ1) is 17.6. The van der Waals surface area contributed by atoms with Crippen LogP contribution in [0.5, 0.6) is 0 Å². The summed E-state index contributed by atoms with van der Waals surface area (Å²) in [5.41, 5.74) is 2.34. The first-order valence-corrected chi connectivity index (χ1v) is 10.7. The molecule has 1 aliphatic carbocycles. The lowest BCUT2D eigenvalue weighted by Gasteiger charge is -2.42. The van der Waals surface area contributed by atoms with Gasteiger partial charge in [-0.15, -0.1) is 11.8 Å². The third kappa shape index (κ3) is 2.96. The predicted octanol–water partition coefficient (Wildman–Crippen LogP) is 4.76. The molecule has 5 rings (SSSR count). The molecule has 2 unspecified atom stereocenters. The van der Waals surface area contributed by atoms with Crippen molar-refractivity contribution in [1.29, 1.82) is 0 Å². The van der Waals surface area contributed by atoms with E-state index in [1.54, 1.807) is 24.1 Å². The molecule has 144 valence electrons. The number of carbonyl (C=O) groups is 2. The number of benzene rings is 1. The number of furan rings is 1. The summed E-state index contributed by atoms with van der Waals surface area (Å²) in [5.74, 6) is 0.329. The maximum absolute atomic E-state index is 13.4. The average molecular weight is 394 g/mol. The van der Waals surface area contributed by atoms with Crippen LogP contribution in [0.2, 0.25) is 0 Å². The van der Waals surface area contributed by atoms with Crippen LogP contribution in [0.4, 0.5) is 4.79 Å². The van der Waals surface area contributed by atoms with Crippen LogP contribution in [0.1, 0.15) is 37.0 Å². The maximum Gasteiger partial charge on any atom is 0.328 e. The van der Waals surface area contributed by atoms with E-state index in [-0.39, 0.29) is 29.8 Å². The lowest BCUT2D eigenvalue weighted by Crippen LogP contribution is -2.59. The van der Waals surface area contributed by atoms with Crippen molar-refractivity contribution >= 4 is 23.7 Å². The molecule has 1 fully saturated rings. The molecule has 5 nitrogen and oxygen atoms in total. The molecule has 0 bridgehead atoms. The summed E-state index contributed by atoms with van der Waals surface area (Å²) >= 11 is 1.74. The van der Waals surface area contributed by atoms with Crippen molar-refractivity contribution in [2.24, 2.45) is 5.92 Å². The predicted molar refractivity (Wildman–Crippen MR) is 107 cm³/mol.